The summed E-state index contributed by atoms with van der Waals surface area (Å²) in [5, 5.41) is 4.39. The maximum absolute atomic E-state index is 12.0. The van der Waals surface area contributed by atoms with Gasteiger partial charge in [-0.05, 0) is 18.1 Å². The number of carbonyl (C=O) groups excluding carboxylic acids is 3. The van der Waals surface area contributed by atoms with E-state index in [1.165, 1.54) is 0 Å². The van der Waals surface area contributed by atoms with E-state index in [1.54, 1.807) is 18.7 Å². The molecule has 0 unspecified atom stereocenters. The van der Waals surface area contributed by atoms with Gasteiger partial charge < -0.3 is 0 Å². The van der Waals surface area contributed by atoms with Gasteiger partial charge in [-0.1, -0.05) is 33.6 Å². The molecule has 0 aromatic heterocycles. The average molecular weight is 286 g/mol. The van der Waals surface area contributed by atoms with Crippen molar-refractivity contribution in [2.45, 2.75) is 40.0 Å². The number of urea groups is 1. The Morgan fingerprint density at radius 1 is 1.05 bits per heavy atom. The van der Waals surface area contributed by atoms with Crippen molar-refractivity contribution >= 4 is 29.6 Å². The summed E-state index contributed by atoms with van der Waals surface area (Å²) in [6.45, 7) is 6.08. The molecule has 108 valence electrons. The molecular formula is C13H22N2O3S. The maximum atomic E-state index is 12.0. The van der Waals surface area contributed by atoms with Crippen molar-refractivity contribution in [2.75, 3.05) is 11.5 Å². The number of hydrogen-bond donors (Lipinski definition) is 2. The lowest BCUT2D eigenvalue weighted by Crippen LogP contribution is -2.63. The summed E-state index contributed by atoms with van der Waals surface area (Å²) in [6, 6.07) is -0.718. The van der Waals surface area contributed by atoms with Crippen molar-refractivity contribution in [3.63, 3.8) is 0 Å². The lowest BCUT2D eigenvalue weighted by molar-refractivity contribution is -0.142. The van der Waals surface area contributed by atoms with Gasteiger partial charge in [-0.2, -0.15) is 11.8 Å². The van der Waals surface area contributed by atoms with Gasteiger partial charge in [-0.3, -0.25) is 20.2 Å². The zero-order chi connectivity index (χ0) is 14.5. The molecule has 6 heteroatoms. The topological polar surface area (TPSA) is 75.3 Å². The molecule has 0 radical (unpaired) electrons. The Morgan fingerprint density at radius 3 is 2.00 bits per heavy atom. The Hall–Kier alpha value is -1.04. The molecule has 1 heterocycles. The minimum Gasteiger partial charge on any atom is -0.277 e. The maximum Gasteiger partial charge on any atom is 0.328 e. The summed E-state index contributed by atoms with van der Waals surface area (Å²) in [5.41, 5.74) is -1.11. The van der Waals surface area contributed by atoms with Gasteiger partial charge >= 0.3 is 6.03 Å². The van der Waals surface area contributed by atoms with Crippen molar-refractivity contribution in [1.82, 2.24) is 10.6 Å². The van der Waals surface area contributed by atoms with Crippen molar-refractivity contribution in [1.29, 1.82) is 0 Å². The van der Waals surface area contributed by atoms with Crippen molar-refractivity contribution in [3.05, 3.63) is 0 Å². The molecule has 19 heavy (non-hydrogen) atoms. The van der Waals surface area contributed by atoms with Crippen LogP contribution < -0.4 is 10.6 Å². The van der Waals surface area contributed by atoms with Crippen LogP contribution in [0.2, 0.25) is 0 Å². The molecule has 0 saturated carbocycles. The average Bonchev–Trinajstić information content (AvgIpc) is 2.37. The van der Waals surface area contributed by atoms with Gasteiger partial charge in [0.05, 0.1) is 0 Å². The number of amides is 4. The van der Waals surface area contributed by atoms with E-state index < -0.39 is 23.3 Å². The third kappa shape index (κ3) is 3.49. The van der Waals surface area contributed by atoms with Gasteiger partial charge in [0, 0.05) is 5.75 Å². The molecule has 0 aromatic rings. The second-order valence-electron chi connectivity index (χ2n) is 4.87. The van der Waals surface area contributed by atoms with E-state index in [-0.39, 0.29) is 0 Å². The Morgan fingerprint density at radius 2 is 1.58 bits per heavy atom. The van der Waals surface area contributed by atoms with Gasteiger partial charge in [-0.15, -0.1) is 0 Å². The van der Waals surface area contributed by atoms with E-state index in [1.807, 2.05) is 0 Å². The SMILES string of the molecule is CCC(CC)CSCC1(CC)C(=O)NC(=O)NC1=O. The predicted molar refractivity (Wildman–Crippen MR) is 75.8 cm³/mol. The second kappa shape index (κ2) is 6.93. The number of barbiturate groups is 1. The Kier molecular flexibility index (Phi) is 5.85. The molecule has 1 aliphatic heterocycles. The molecule has 0 aliphatic carbocycles. The first-order valence-corrected chi connectivity index (χ1v) is 7.90. The molecule has 0 aromatic carbocycles. The van der Waals surface area contributed by atoms with Gasteiger partial charge in [0.25, 0.3) is 0 Å². The van der Waals surface area contributed by atoms with E-state index in [0.29, 0.717) is 18.1 Å². The van der Waals surface area contributed by atoms with Crippen LogP contribution in [0.15, 0.2) is 0 Å². The fourth-order valence-corrected chi connectivity index (χ4v) is 3.80. The highest BCUT2D eigenvalue weighted by molar-refractivity contribution is 7.99. The molecule has 1 aliphatic rings. The van der Waals surface area contributed by atoms with Gasteiger partial charge in [-0.25, -0.2) is 4.79 Å². The molecule has 1 fully saturated rings. The largest absolute Gasteiger partial charge is 0.328 e. The number of thioether (sulfide) groups is 1. The van der Waals surface area contributed by atoms with E-state index in [2.05, 4.69) is 24.5 Å². The molecule has 4 amide bonds. The van der Waals surface area contributed by atoms with Crippen LogP contribution in [0.3, 0.4) is 0 Å². The Bertz CT molecular complexity index is 347. The van der Waals surface area contributed by atoms with Gasteiger partial charge in [0.1, 0.15) is 5.41 Å². The molecule has 0 atom stereocenters. The molecule has 0 bridgehead atoms. The Balaban J connectivity index is 2.67. The van der Waals surface area contributed by atoms with Crippen LogP contribution in [0, 0.1) is 11.3 Å². The standard InChI is InChI=1S/C13H22N2O3S/c1-4-9(5-2)7-19-8-13(6-3)10(16)14-12(18)15-11(13)17/h9H,4-8H2,1-3H3,(H2,14,15,16,17,18). The number of carbonyl (C=O) groups is 3. The highest BCUT2D eigenvalue weighted by Crippen LogP contribution is 2.31. The Labute approximate surface area is 118 Å². The van der Waals surface area contributed by atoms with Crippen molar-refractivity contribution < 1.29 is 14.4 Å². The van der Waals surface area contributed by atoms with Crippen LogP contribution in [-0.2, 0) is 9.59 Å². The molecule has 2 N–H and O–H groups in total. The molecule has 1 saturated heterocycles. The zero-order valence-electron chi connectivity index (χ0n) is 11.7. The van der Waals surface area contributed by atoms with Gasteiger partial charge in [0.2, 0.25) is 11.8 Å². The first kappa shape index (κ1) is 16.0. The summed E-state index contributed by atoms with van der Waals surface area (Å²) < 4.78 is 0. The third-order valence-electron chi connectivity index (χ3n) is 3.78. The van der Waals surface area contributed by atoms with Crippen LogP contribution >= 0.6 is 11.8 Å². The van der Waals surface area contributed by atoms with E-state index in [9.17, 15) is 14.4 Å². The minimum absolute atomic E-state index is 0.397. The molecule has 0 spiro atoms. The van der Waals surface area contributed by atoms with E-state index in [0.717, 1.165) is 18.6 Å². The van der Waals surface area contributed by atoms with Crippen LogP contribution in [-0.4, -0.2) is 29.4 Å². The number of nitrogens with one attached hydrogen (secondary N) is 2. The summed E-state index contributed by atoms with van der Waals surface area (Å²) in [5.74, 6) is 1.02. The monoisotopic (exact) mass is 286 g/mol. The quantitative estimate of drug-likeness (QED) is 0.701. The normalized spacial score (nSPS) is 18.4. The van der Waals surface area contributed by atoms with Crippen molar-refractivity contribution in [2.24, 2.45) is 11.3 Å². The van der Waals surface area contributed by atoms with Crippen molar-refractivity contribution in [3.8, 4) is 0 Å². The highest BCUT2D eigenvalue weighted by Gasteiger charge is 2.48. The van der Waals surface area contributed by atoms with Crippen LogP contribution in [0.5, 0.6) is 0 Å². The summed E-state index contributed by atoms with van der Waals surface area (Å²) in [4.78, 5) is 35.0. The second-order valence-corrected chi connectivity index (χ2v) is 5.90. The summed E-state index contributed by atoms with van der Waals surface area (Å²) in [6.07, 6.45) is 2.59. The number of hydrogen-bond acceptors (Lipinski definition) is 4. The highest BCUT2D eigenvalue weighted by atomic mass is 32.2. The molecule has 5 nitrogen and oxygen atoms in total. The first-order valence-electron chi connectivity index (χ1n) is 6.74. The van der Waals surface area contributed by atoms with Crippen LogP contribution in [0.4, 0.5) is 4.79 Å². The van der Waals surface area contributed by atoms with E-state index >= 15 is 0 Å². The molecular weight excluding hydrogens is 264 g/mol. The third-order valence-corrected chi connectivity index (χ3v) is 5.19. The van der Waals surface area contributed by atoms with Gasteiger partial charge in [0.15, 0.2) is 0 Å². The minimum atomic E-state index is -1.11. The smallest absolute Gasteiger partial charge is 0.277 e. The van der Waals surface area contributed by atoms with Crippen LogP contribution in [0.1, 0.15) is 40.0 Å². The lowest BCUT2D eigenvalue weighted by atomic mass is 9.84. The fourth-order valence-electron chi connectivity index (χ4n) is 2.06. The van der Waals surface area contributed by atoms with E-state index in [4.69, 9.17) is 0 Å². The number of imide groups is 2. The molecule has 1 rings (SSSR count). The first-order chi connectivity index (χ1) is 9.00. The zero-order valence-corrected chi connectivity index (χ0v) is 12.6. The number of rotatable bonds is 7. The summed E-state index contributed by atoms with van der Waals surface area (Å²) >= 11 is 1.62. The summed E-state index contributed by atoms with van der Waals surface area (Å²) in [7, 11) is 0. The fraction of sp³-hybridized carbons (Fsp3) is 0.769. The lowest BCUT2D eigenvalue weighted by Gasteiger charge is -2.32. The van der Waals surface area contributed by atoms with Crippen LogP contribution in [0.25, 0.3) is 0 Å². The predicted octanol–water partition coefficient (Wildman–Crippen LogP) is 1.92.